The topological polar surface area (TPSA) is 270 Å². The zero-order valence-corrected chi connectivity index (χ0v) is 49.5. The SMILES string of the molecule is CC(C)(C)OC(=O)N[C@@H](Cc1ccccc1)C(=O)N[C@@H](Cc1ccc(NS(=O)(=O)O)cc1)c1csc(-c2ccccc2)n1.CC(C)(C)OC(=O)N[C@@H](Cc1ccccc1)C(=O)N[C@@H](Cc1ccc([N+](=O)[O-])cc1)c1csc(-c2ccccc2)n1. The molecule has 8 rings (SSSR count). The van der Waals surface area contributed by atoms with E-state index in [0.29, 0.717) is 24.2 Å². The molecule has 0 saturated heterocycles. The first-order chi connectivity index (χ1) is 39.9. The summed E-state index contributed by atoms with van der Waals surface area (Å²) in [4.78, 5) is 73.2. The zero-order chi connectivity index (χ0) is 60.4. The third-order valence-corrected chi connectivity index (χ3v) is 14.6. The number of nitrogens with one attached hydrogen (secondary N) is 5. The van der Waals surface area contributed by atoms with Crippen molar-refractivity contribution in [2.75, 3.05) is 4.72 Å². The number of hydrogen-bond acceptors (Lipinski definition) is 14. The smallest absolute Gasteiger partial charge is 0.408 e. The van der Waals surface area contributed by atoms with Gasteiger partial charge in [0, 0.05) is 46.9 Å². The summed E-state index contributed by atoms with van der Waals surface area (Å²) < 4.78 is 44.3. The van der Waals surface area contributed by atoms with Crippen molar-refractivity contribution in [1.82, 2.24) is 31.2 Å². The van der Waals surface area contributed by atoms with E-state index < -0.39 is 74.6 Å². The van der Waals surface area contributed by atoms with Gasteiger partial charge in [0.15, 0.2) is 0 Å². The predicted molar refractivity (Wildman–Crippen MR) is 326 cm³/mol. The van der Waals surface area contributed by atoms with Crippen molar-refractivity contribution in [2.45, 2.75) is 103 Å². The fraction of sp³-hybridized carbons (Fsp3) is 0.258. The van der Waals surface area contributed by atoms with Crippen molar-refractivity contribution in [2.24, 2.45) is 0 Å². The molecule has 84 heavy (non-hydrogen) atoms. The minimum atomic E-state index is -4.41. The zero-order valence-electron chi connectivity index (χ0n) is 47.1. The fourth-order valence-electron chi connectivity index (χ4n) is 8.42. The van der Waals surface area contributed by atoms with Crippen molar-refractivity contribution in [3.05, 3.63) is 224 Å². The Kier molecular flexibility index (Phi) is 21.6. The molecule has 4 atom stereocenters. The van der Waals surface area contributed by atoms with Gasteiger partial charge in [-0.25, -0.2) is 19.6 Å². The molecular weight excluding hydrogens is 1130 g/mol. The van der Waals surface area contributed by atoms with Gasteiger partial charge in [0.1, 0.15) is 33.3 Å². The van der Waals surface area contributed by atoms with Crippen LogP contribution in [0.5, 0.6) is 0 Å². The lowest BCUT2D eigenvalue weighted by atomic mass is 10.0. The van der Waals surface area contributed by atoms with Crippen LogP contribution in [0.3, 0.4) is 0 Å². The van der Waals surface area contributed by atoms with E-state index in [1.807, 2.05) is 137 Å². The van der Waals surface area contributed by atoms with Gasteiger partial charge < -0.3 is 30.7 Å². The highest BCUT2D eigenvalue weighted by molar-refractivity contribution is 7.87. The Morgan fingerprint density at radius 1 is 0.524 bits per heavy atom. The van der Waals surface area contributed by atoms with Gasteiger partial charge in [-0.15, -0.1) is 22.7 Å². The van der Waals surface area contributed by atoms with E-state index in [-0.39, 0.29) is 24.2 Å². The van der Waals surface area contributed by atoms with Crippen LogP contribution in [0.25, 0.3) is 21.1 Å². The molecule has 0 fully saturated rings. The first kappa shape index (κ1) is 62.8. The van der Waals surface area contributed by atoms with Crippen LogP contribution in [0.4, 0.5) is 21.0 Å². The summed E-state index contributed by atoms with van der Waals surface area (Å²) >= 11 is 2.91. The minimum absolute atomic E-state index is 0.0150. The third-order valence-electron chi connectivity index (χ3n) is 12.2. The number of benzene rings is 6. The monoisotopic (exact) mass is 1190 g/mol. The number of nitro groups is 1. The molecule has 8 aromatic rings. The lowest BCUT2D eigenvalue weighted by Gasteiger charge is -2.25. The van der Waals surface area contributed by atoms with Crippen molar-refractivity contribution >= 4 is 68.4 Å². The molecule has 19 nitrogen and oxygen atoms in total. The first-order valence-corrected chi connectivity index (χ1v) is 29.9. The molecule has 0 saturated carbocycles. The standard InChI is InChI=1S/C31H34N4O6S2.C31H32N4O5S/c1-31(2,3)41-30(37)34-26(19-21-10-6-4-7-11-21)28(36)32-25(18-22-14-16-24(17-15-22)35-43(38,39)40)27-20-42-29(33-27)23-12-8-5-9-13-23;1-31(2,3)40-30(37)34-26(19-21-10-6-4-7-11-21)28(36)32-25(18-22-14-16-24(17-15-22)35(38)39)27-20-41-29(33-27)23-12-8-5-9-13-23/h4-17,20,25-26,35H,18-19H2,1-3H3,(H,32,36)(H,34,37)(H,38,39,40);4-17,20,25-26H,18-19H2,1-3H3,(H,32,36)(H,34,37)/t2*25-,26-/m00/s1. The Bertz CT molecular complexity index is 3560. The number of amides is 4. The fourth-order valence-corrected chi connectivity index (χ4v) is 10.6. The molecule has 0 radical (unpaired) electrons. The molecule has 0 aliphatic heterocycles. The molecular formula is C62H66N8O11S3. The summed E-state index contributed by atoms with van der Waals surface area (Å²) in [6, 6.07) is 47.8. The van der Waals surface area contributed by atoms with E-state index in [2.05, 4.69) is 21.3 Å². The highest BCUT2D eigenvalue weighted by Gasteiger charge is 2.30. The van der Waals surface area contributed by atoms with Crippen LogP contribution in [0.1, 0.15) is 87.3 Å². The summed E-state index contributed by atoms with van der Waals surface area (Å²) in [7, 11) is -4.41. The van der Waals surface area contributed by atoms with E-state index in [0.717, 1.165) is 43.4 Å². The largest absolute Gasteiger partial charge is 0.444 e. The molecule has 0 spiro atoms. The summed E-state index contributed by atoms with van der Waals surface area (Å²) in [6.07, 6.45) is -0.252. The molecule has 4 amide bonds. The van der Waals surface area contributed by atoms with Crippen LogP contribution < -0.4 is 26.0 Å². The van der Waals surface area contributed by atoms with Crippen molar-refractivity contribution in [1.29, 1.82) is 0 Å². The van der Waals surface area contributed by atoms with Crippen molar-refractivity contribution in [3.63, 3.8) is 0 Å². The van der Waals surface area contributed by atoms with Crippen LogP contribution in [-0.4, -0.2) is 75.1 Å². The summed E-state index contributed by atoms with van der Waals surface area (Å²) in [5, 5.41) is 28.1. The number of alkyl carbamates (subject to hydrolysis) is 2. The third kappa shape index (κ3) is 20.6. The van der Waals surface area contributed by atoms with Gasteiger partial charge in [-0.1, -0.05) is 146 Å². The van der Waals surface area contributed by atoms with E-state index in [1.54, 1.807) is 65.8 Å². The second kappa shape index (κ2) is 28.9. The number of ether oxygens (including phenoxy) is 2. The molecule has 0 aliphatic rings. The first-order valence-electron chi connectivity index (χ1n) is 26.7. The van der Waals surface area contributed by atoms with E-state index in [4.69, 9.17) is 24.0 Å². The van der Waals surface area contributed by atoms with Gasteiger partial charge in [-0.2, -0.15) is 8.42 Å². The molecule has 0 unspecified atom stereocenters. The highest BCUT2D eigenvalue weighted by Crippen LogP contribution is 2.30. The van der Waals surface area contributed by atoms with E-state index in [9.17, 15) is 37.7 Å². The summed E-state index contributed by atoms with van der Waals surface area (Å²) in [6.45, 7) is 10.5. The molecule has 2 heterocycles. The van der Waals surface area contributed by atoms with Gasteiger partial charge in [0.25, 0.3) is 5.69 Å². The Morgan fingerprint density at radius 2 is 0.869 bits per heavy atom. The summed E-state index contributed by atoms with van der Waals surface area (Å²) in [5.41, 5.74) is 5.17. The molecule has 0 aliphatic carbocycles. The Balaban J connectivity index is 0.000000241. The molecule has 6 aromatic carbocycles. The van der Waals surface area contributed by atoms with Gasteiger partial charge in [0.2, 0.25) is 11.8 Å². The minimum Gasteiger partial charge on any atom is -0.444 e. The van der Waals surface area contributed by atoms with E-state index >= 15 is 0 Å². The molecule has 438 valence electrons. The van der Waals surface area contributed by atoms with Gasteiger partial charge in [0.05, 0.1) is 34.1 Å². The van der Waals surface area contributed by atoms with Gasteiger partial charge in [-0.05, 0) is 88.8 Å². The number of carbonyl (C=O) groups is 4. The number of hydrogen-bond donors (Lipinski definition) is 6. The van der Waals surface area contributed by atoms with Crippen LogP contribution in [0.15, 0.2) is 181 Å². The normalized spacial score (nSPS) is 12.8. The number of non-ortho nitro benzene ring substituents is 1. The number of carbonyl (C=O) groups excluding carboxylic acids is 4. The lowest BCUT2D eigenvalue weighted by Crippen LogP contribution is -2.50. The Hall–Kier alpha value is -8.83. The highest BCUT2D eigenvalue weighted by atomic mass is 32.2. The van der Waals surface area contributed by atoms with Gasteiger partial charge in [-0.3, -0.25) is 29.0 Å². The Morgan fingerprint density at radius 3 is 1.21 bits per heavy atom. The van der Waals surface area contributed by atoms with Crippen molar-refractivity contribution < 1.29 is 46.5 Å². The Labute approximate surface area is 496 Å². The number of rotatable bonds is 21. The molecule has 22 heteroatoms. The average molecular weight is 1200 g/mol. The number of thiazole rings is 2. The maximum Gasteiger partial charge on any atom is 0.408 e. The molecule has 6 N–H and O–H groups in total. The second-order valence-corrected chi connectivity index (χ2v) is 24.3. The van der Waals surface area contributed by atoms with Crippen LogP contribution in [0, 0.1) is 10.1 Å². The maximum atomic E-state index is 13.8. The molecule has 0 bridgehead atoms. The van der Waals surface area contributed by atoms with Crippen LogP contribution in [-0.2, 0) is 55.1 Å². The van der Waals surface area contributed by atoms with E-state index in [1.165, 1.54) is 46.9 Å². The average Bonchev–Trinajstić information content (AvgIpc) is 4.37. The number of aromatic nitrogens is 2. The number of nitrogens with zero attached hydrogens (tertiary/aromatic N) is 3. The van der Waals surface area contributed by atoms with Crippen LogP contribution in [0.2, 0.25) is 0 Å². The lowest BCUT2D eigenvalue weighted by molar-refractivity contribution is -0.384. The summed E-state index contributed by atoms with van der Waals surface area (Å²) in [5.74, 6) is -0.820. The molecule has 2 aromatic heterocycles. The number of nitro benzene ring substituents is 1. The van der Waals surface area contributed by atoms with Gasteiger partial charge >= 0.3 is 22.5 Å². The second-order valence-electron chi connectivity index (χ2n) is 21.4. The number of anilines is 1. The van der Waals surface area contributed by atoms with Crippen LogP contribution >= 0.6 is 22.7 Å². The quantitative estimate of drug-likeness (QED) is 0.0222. The predicted octanol–water partition coefficient (Wildman–Crippen LogP) is 11.8. The maximum absolute atomic E-state index is 13.8. The van der Waals surface area contributed by atoms with Crippen molar-refractivity contribution in [3.8, 4) is 21.1 Å².